The Hall–Kier alpha value is -3.70. The second-order valence-electron chi connectivity index (χ2n) is 14.2. The SMILES string of the molecule is COc1cc2c(cc1OC)[C@@H]1Cc3ccc(OC)c(OC)c3CN1CC2.COc1ccc2c3c1O[C@H]1C(=O)CC[C@@]4(O)[C@@H](C2)N(C)CC[C@]314.Cl. The number of nitrogens with zero attached hydrogens (tertiary/aromatic N) is 2. The highest BCUT2D eigenvalue weighted by atomic mass is 35.5. The minimum Gasteiger partial charge on any atom is -0.493 e. The number of likely N-dealkylation sites (tertiary alicyclic amines) is 1. The Morgan fingerprint density at radius 1 is 0.800 bits per heavy atom. The molecule has 4 heterocycles. The van der Waals surface area contributed by atoms with Crippen LogP contribution < -0.4 is 28.4 Å². The van der Waals surface area contributed by atoms with E-state index in [9.17, 15) is 9.90 Å². The maximum Gasteiger partial charge on any atom is 0.174 e. The van der Waals surface area contributed by atoms with Gasteiger partial charge in [-0.1, -0.05) is 12.1 Å². The third-order valence-corrected chi connectivity index (χ3v) is 12.4. The van der Waals surface area contributed by atoms with Gasteiger partial charge < -0.3 is 38.4 Å². The molecular formula is C39H47ClN2O8. The van der Waals surface area contributed by atoms with Crippen LogP contribution in [-0.4, -0.2) is 94.1 Å². The number of ether oxygens (including phenoxy) is 6. The molecule has 268 valence electrons. The van der Waals surface area contributed by atoms with Crippen molar-refractivity contribution in [3.05, 3.63) is 69.8 Å². The number of rotatable bonds is 5. The topological polar surface area (TPSA) is 99.2 Å². The van der Waals surface area contributed by atoms with Crippen molar-refractivity contribution in [3.8, 4) is 34.5 Å². The van der Waals surface area contributed by atoms with Gasteiger partial charge >= 0.3 is 0 Å². The van der Waals surface area contributed by atoms with Gasteiger partial charge in [0.2, 0.25) is 0 Å². The van der Waals surface area contributed by atoms with E-state index in [1.54, 1.807) is 35.5 Å². The van der Waals surface area contributed by atoms with Gasteiger partial charge in [-0.25, -0.2) is 0 Å². The fourth-order valence-electron chi connectivity index (χ4n) is 10.0. The molecule has 4 aliphatic heterocycles. The van der Waals surface area contributed by atoms with Gasteiger partial charge in [0, 0.05) is 42.7 Å². The first-order valence-corrected chi connectivity index (χ1v) is 17.3. The first kappa shape index (κ1) is 34.7. The third-order valence-electron chi connectivity index (χ3n) is 12.4. The maximum absolute atomic E-state index is 12.7. The summed E-state index contributed by atoms with van der Waals surface area (Å²) in [5.74, 6) is 4.74. The number of benzene rings is 3. The Morgan fingerprint density at radius 2 is 1.50 bits per heavy atom. The van der Waals surface area contributed by atoms with Crippen LogP contribution in [0.5, 0.6) is 34.5 Å². The van der Waals surface area contributed by atoms with E-state index in [0.29, 0.717) is 30.4 Å². The molecule has 6 aliphatic rings. The van der Waals surface area contributed by atoms with Crippen molar-refractivity contribution in [3.63, 3.8) is 0 Å². The molecule has 9 rings (SSSR count). The van der Waals surface area contributed by atoms with Crippen molar-refractivity contribution in [1.82, 2.24) is 9.80 Å². The van der Waals surface area contributed by atoms with Crippen LogP contribution in [0.2, 0.25) is 0 Å². The lowest BCUT2D eigenvalue weighted by Crippen LogP contribution is -2.76. The standard InChI is InChI=1S/C21H25NO4.C18H21NO4.ClH/c1-23-18-6-5-13-9-17-15-11-20(25-3)19(24-2)10-14(15)7-8-22(17)12-16(13)21(18)26-4;1-19-8-7-17-14-10-3-4-12(22-2)15(14)23-16(17)11(20)5-6-18(17,21)13(19)9-10;/h5-6,10-11,17H,7-9,12H2,1-4H3;3-4,13,16,21H,5-9H2,1-2H3;1H/t17-;13-,16+,17+,18-;/m01./s1. The first-order chi connectivity index (χ1) is 23.7. The van der Waals surface area contributed by atoms with Crippen molar-refractivity contribution < 1.29 is 38.3 Å². The van der Waals surface area contributed by atoms with E-state index >= 15 is 0 Å². The number of hydrogen-bond acceptors (Lipinski definition) is 10. The summed E-state index contributed by atoms with van der Waals surface area (Å²) in [5, 5.41) is 11.7. The van der Waals surface area contributed by atoms with Gasteiger partial charge in [-0.05, 0) is 92.2 Å². The summed E-state index contributed by atoms with van der Waals surface area (Å²) in [5.41, 5.74) is 6.00. The number of Topliss-reactive ketones (excluding diaryl/α,β-unsaturated/α-hetero) is 1. The Morgan fingerprint density at radius 3 is 2.22 bits per heavy atom. The molecule has 11 heteroatoms. The largest absolute Gasteiger partial charge is 0.493 e. The van der Waals surface area contributed by atoms with E-state index in [1.807, 2.05) is 12.1 Å². The van der Waals surface area contributed by atoms with Crippen LogP contribution in [0.3, 0.4) is 0 Å². The third kappa shape index (κ3) is 4.75. The van der Waals surface area contributed by atoms with Crippen molar-refractivity contribution >= 4 is 18.2 Å². The first-order valence-electron chi connectivity index (χ1n) is 17.3. The molecule has 0 unspecified atom stereocenters. The van der Waals surface area contributed by atoms with Crippen LogP contribution in [0.1, 0.15) is 58.7 Å². The molecule has 2 aliphatic carbocycles. The quantitative estimate of drug-likeness (QED) is 0.397. The molecule has 2 bridgehead atoms. The van der Waals surface area contributed by atoms with Crippen molar-refractivity contribution in [2.45, 2.75) is 74.3 Å². The van der Waals surface area contributed by atoms with Crippen LogP contribution in [0.25, 0.3) is 0 Å². The summed E-state index contributed by atoms with van der Waals surface area (Å²) in [6.45, 7) is 2.76. The summed E-state index contributed by atoms with van der Waals surface area (Å²) >= 11 is 0. The molecule has 2 fully saturated rings. The highest BCUT2D eigenvalue weighted by Gasteiger charge is 2.72. The monoisotopic (exact) mass is 706 g/mol. The van der Waals surface area contributed by atoms with Crippen LogP contribution >= 0.6 is 12.4 Å². The molecule has 1 saturated heterocycles. The molecule has 0 aromatic heterocycles. The molecule has 10 nitrogen and oxygen atoms in total. The molecule has 3 aromatic rings. The van der Waals surface area contributed by atoms with E-state index in [1.165, 1.54) is 27.8 Å². The fourth-order valence-corrected chi connectivity index (χ4v) is 10.0. The number of hydrogen-bond donors (Lipinski definition) is 1. The van der Waals surface area contributed by atoms with E-state index in [0.717, 1.165) is 73.9 Å². The predicted octanol–water partition coefficient (Wildman–Crippen LogP) is 4.85. The maximum atomic E-state index is 12.7. The number of ketones is 1. The molecule has 1 spiro atoms. The average molecular weight is 707 g/mol. The number of halogens is 1. The fraction of sp³-hybridized carbons (Fsp3) is 0.513. The van der Waals surface area contributed by atoms with E-state index in [4.69, 9.17) is 28.4 Å². The highest BCUT2D eigenvalue weighted by molar-refractivity contribution is 5.90. The lowest BCUT2D eigenvalue weighted by atomic mass is 9.49. The van der Waals surface area contributed by atoms with Crippen molar-refractivity contribution in [2.24, 2.45) is 0 Å². The van der Waals surface area contributed by atoms with E-state index < -0.39 is 17.1 Å². The summed E-state index contributed by atoms with van der Waals surface area (Å²) in [4.78, 5) is 17.4. The number of methoxy groups -OCH3 is 5. The molecule has 3 aromatic carbocycles. The van der Waals surface area contributed by atoms with Crippen molar-refractivity contribution in [2.75, 3.05) is 55.7 Å². The summed E-state index contributed by atoms with van der Waals surface area (Å²) < 4.78 is 33.8. The number of carbonyl (C=O) groups is 1. The molecular weight excluding hydrogens is 660 g/mol. The summed E-state index contributed by atoms with van der Waals surface area (Å²) in [7, 11) is 10.5. The number of fused-ring (bicyclic) bond motifs is 4. The molecule has 0 radical (unpaired) electrons. The highest BCUT2D eigenvalue weighted by Crippen LogP contribution is 2.64. The van der Waals surface area contributed by atoms with Gasteiger partial charge in [0.15, 0.2) is 46.4 Å². The van der Waals surface area contributed by atoms with Gasteiger partial charge in [-0.15, -0.1) is 12.4 Å². The lowest BCUT2D eigenvalue weighted by molar-refractivity contribution is -0.185. The predicted molar refractivity (Wildman–Crippen MR) is 190 cm³/mol. The van der Waals surface area contributed by atoms with Gasteiger partial charge in [0.1, 0.15) is 0 Å². The van der Waals surface area contributed by atoms with Crippen LogP contribution in [0.4, 0.5) is 0 Å². The summed E-state index contributed by atoms with van der Waals surface area (Å²) in [6.07, 6.45) is 3.86. The Kier molecular flexibility index (Phi) is 8.90. The number of piperidine rings is 1. The molecule has 1 saturated carbocycles. The van der Waals surface area contributed by atoms with Gasteiger partial charge in [0.05, 0.1) is 46.6 Å². The normalized spacial score (nSPS) is 28.2. The Labute approximate surface area is 299 Å². The Balaban J connectivity index is 0.000000155. The smallest absolute Gasteiger partial charge is 0.174 e. The second-order valence-corrected chi connectivity index (χ2v) is 14.2. The van der Waals surface area contributed by atoms with E-state index in [2.05, 4.69) is 41.1 Å². The zero-order valence-electron chi connectivity index (χ0n) is 29.7. The van der Waals surface area contributed by atoms with Gasteiger partial charge in [-0.3, -0.25) is 9.69 Å². The minimum atomic E-state index is -0.900. The molecule has 5 atom stereocenters. The molecule has 50 heavy (non-hydrogen) atoms. The number of carbonyl (C=O) groups excluding carboxylic acids is 1. The van der Waals surface area contributed by atoms with E-state index in [-0.39, 0.29) is 24.2 Å². The average Bonchev–Trinajstić information content (AvgIpc) is 3.49. The number of aliphatic hydroxyl groups is 1. The van der Waals surface area contributed by atoms with Crippen LogP contribution in [0, 0.1) is 0 Å². The molecule has 0 amide bonds. The minimum absolute atomic E-state index is 0. The molecule has 1 N–H and O–H groups in total. The zero-order chi connectivity index (χ0) is 34.2. The zero-order valence-corrected chi connectivity index (χ0v) is 30.5. The van der Waals surface area contributed by atoms with Gasteiger partial charge in [-0.2, -0.15) is 0 Å². The number of likely N-dealkylation sites (N-methyl/N-ethyl adjacent to an activating group) is 1. The van der Waals surface area contributed by atoms with Gasteiger partial charge in [0.25, 0.3) is 0 Å². The lowest BCUT2D eigenvalue weighted by Gasteiger charge is -2.62. The van der Waals surface area contributed by atoms with Crippen LogP contribution in [-0.2, 0) is 36.0 Å². The Bertz CT molecular complexity index is 1830. The van der Waals surface area contributed by atoms with Crippen molar-refractivity contribution in [1.29, 1.82) is 0 Å². The van der Waals surface area contributed by atoms with Crippen LogP contribution in [0.15, 0.2) is 36.4 Å². The summed E-state index contributed by atoms with van der Waals surface area (Å²) in [6, 6.07) is 12.9. The second kappa shape index (κ2) is 12.8.